The summed E-state index contributed by atoms with van der Waals surface area (Å²) in [7, 11) is 0. The molecule has 1 N–H and O–H groups in total. The third-order valence-corrected chi connectivity index (χ3v) is 3.46. The molecule has 3 aliphatic rings. The summed E-state index contributed by atoms with van der Waals surface area (Å²) in [4.78, 5) is 0. The van der Waals surface area contributed by atoms with Crippen LogP contribution in [-0.4, -0.2) is 12.6 Å². The van der Waals surface area contributed by atoms with Gasteiger partial charge in [0, 0.05) is 18.0 Å². The topological polar surface area (TPSA) is 12.0 Å². The van der Waals surface area contributed by atoms with Crippen molar-refractivity contribution in [1.82, 2.24) is 5.32 Å². The third-order valence-electron chi connectivity index (χ3n) is 3.46. The molecule has 0 unspecified atom stereocenters. The fourth-order valence-electron chi connectivity index (χ4n) is 2.65. The van der Waals surface area contributed by atoms with Crippen molar-refractivity contribution in [2.75, 3.05) is 6.54 Å². The average Bonchev–Trinajstić information content (AvgIpc) is 2.63. The van der Waals surface area contributed by atoms with E-state index in [1.54, 1.807) is 12.1 Å². The van der Waals surface area contributed by atoms with Crippen LogP contribution in [0.4, 0.5) is 4.39 Å². The number of hydrogen-bond donors (Lipinski definition) is 1. The van der Waals surface area contributed by atoms with Gasteiger partial charge in [0.2, 0.25) is 0 Å². The van der Waals surface area contributed by atoms with E-state index in [2.05, 4.69) is 5.32 Å². The lowest BCUT2D eigenvalue weighted by Crippen LogP contribution is -2.37. The van der Waals surface area contributed by atoms with Gasteiger partial charge in [0.25, 0.3) is 0 Å². The zero-order valence-corrected chi connectivity index (χ0v) is 7.39. The van der Waals surface area contributed by atoms with Gasteiger partial charge in [0.1, 0.15) is 5.82 Å². The highest BCUT2D eigenvalue weighted by atomic mass is 19.1. The van der Waals surface area contributed by atoms with Crippen molar-refractivity contribution >= 4 is 0 Å². The summed E-state index contributed by atoms with van der Waals surface area (Å²) in [6, 6.07) is 7.72. The Balaban J connectivity index is 1.96. The molecule has 0 radical (unpaired) electrons. The lowest BCUT2D eigenvalue weighted by atomic mass is 9.66. The average molecular weight is 177 g/mol. The minimum Gasteiger partial charge on any atom is -0.313 e. The van der Waals surface area contributed by atoms with Crippen LogP contribution in [0, 0.1) is 5.82 Å². The van der Waals surface area contributed by atoms with Crippen LogP contribution in [0.15, 0.2) is 24.3 Å². The number of hydrogen-bond acceptors (Lipinski definition) is 1. The van der Waals surface area contributed by atoms with Crippen molar-refractivity contribution in [3.05, 3.63) is 35.6 Å². The van der Waals surface area contributed by atoms with Crippen molar-refractivity contribution in [1.29, 1.82) is 0 Å². The summed E-state index contributed by atoms with van der Waals surface area (Å²) in [5.41, 5.74) is 1.65. The molecule has 1 nitrogen and oxygen atoms in total. The molecule has 3 fully saturated rings. The molecule has 0 atom stereocenters. The minimum absolute atomic E-state index is 0.137. The van der Waals surface area contributed by atoms with E-state index in [1.807, 2.05) is 12.1 Å². The predicted octanol–water partition coefficient (Wildman–Crippen LogP) is 1.83. The standard InChI is InChI=1S/C11H12FN/c12-9-3-1-8(2-4-9)11-5-10(6-11)13-7-11/h1-4,10,13H,5-7H2. The Hall–Kier alpha value is -0.890. The molecule has 1 aromatic rings. The van der Waals surface area contributed by atoms with Gasteiger partial charge < -0.3 is 5.32 Å². The number of nitrogens with one attached hydrogen (secondary N) is 1. The molecule has 2 heteroatoms. The molecule has 1 aliphatic carbocycles. The smallest absolute Gasteiger partial charge is 0.123 e. The second kappa shape index (κ2) is 2.32. The van der Waals surface area contributed by atoms with E-state index in [9.17, 15) is 4.39 Å². The molecule has 2 heterocycles. The van der Waals surface area contributed by atoms with Crippen LogP contribution >= 0.6 is 0 Å². The summed E-state index contributed by atoms with van der Waals surface area (Å²) in [6.07, 6.45) is 2.47. The first-order chi connectivity index (χ1) is 6.28. The largest absolute Gasteiger partial charge is 0.313 e. The monoisotopic (exact) mass is 177 g/mol. The van der Waals surface area contributed by atoms with Crippen LogP contribution in [0.5, 0.6) is 0 Å². The van der Waals surface area contributed by atoms with Crippen molar-refractivity contribution < 1.29 is 4.39 Å². The highest BCUT2D eigenvalue weighted by Gasteiger charge is 2.50. The molecule has 1 aromatic carbocycles. The Kier molecular flexibility index (Phi) is 1.34. The highest BCUT2D eigenvalue weighted by Crippen LogP contribution is 2.48. The fourth-order valence-corrected chi connectivity index (χ4v) is 2.65. The van der Waals surface area contributed by atoms with E-state index in [1.165, 1.54) is 18.4 Å². The van der Waals surface area contributed by atoms with Gasteiger partial charge in [-0.3, -0.25) is 0 Å². The van der Waals surface area contributed by atoms with Crippen molar-refractivity contribution in [3.8, 4) is 0 Å². The lowest BCUT2D eigenvalue weighted by molar-refractivity contribution is 0.304. The van der Waals surface area contributed by atoms with Crippen molar-refractivity contribution in [3.63, 3.8) is 0 Å². The molecular formula is C11H12FN. The zero-order valence-electron chi connectivity index (χ0n) is 7.39. The molecule has 0 aromatic heterocycles. The summed E-state index contributed by atoms with van der Waals surface area (Å²) < 4.78 is 12.7. The van der Waals surface area contributed by atoms with Crippen LogP contribution in [0.3, 0.4) is 0 Å². The molecule has 13 heavy (non-hydrogen) atoms. The Labute approximate surface area is 77.0 Å². The molecule has 4 rings (SSSR count). The first-order valence-electron chi connectivity index (χ1n) is 4.78. The van der Waals surface area contributed by atoms with Gasteiger partial charge in [-0.25, -0.2) is 4.39 Å². The molecule has 0 amide bonds. The summed E-state index contributed by atoms with van der Waals surface area (Å²) >= 11 is 0. The fraction of sp³-hybridized carbons (Fsp3) is 0.455. The van der Waals surface area contributed by atoms with E-state index in [0.717, 1.165) is 12.6 Å². The normalized spacial score (nSPS) is 35.9. The second-order valence-electron chi connectivity index (χ2n) is 4.27. The highest BCUT2D eigenvalue weighted by molar-refractivity contribution is 5.33. The van der Waals surface area contributed by atoms with E-state index < -0.39 is 0 Å². The summed E-state index contributed by atoms with van der Waals surface area (Å²) in [5.74, 6) is -0.137. The Morgan fingerprint density at radius 2 is 1.92 bits per heavy atom. The van der Waals surface area contributed by atoms with Crippen LogP contribution in [-0.2, 0) is 5.41 Å². The maximum Gasteiger partial charge on any atom is 0.123 e. The third kappa shape index (κ3) is 0.953. The molecule has 68 valence electrons. The van der Waals surface area contributed by atoms with Crippen molar-refractivity contribution in [2.45, 2.75) is 24.3 Å². The van der Waals surface area contributed by atoms with Gasteiger partial charge in [-0.1, -0.05) is 12.1 Å². The number of fused-ring (bicyclic) bond motifs is 1. The SMILES string of the molecule is Fc1ccc(C23CNC(C2)C3)cc1. The molecule has 2 saturated heterocycles. The molecule has 1 saturated carbocycles. The van der Waals surface area contributed by atoms with E-state index in [0.29, 0.717) is 5.41 Å². The van der Waals surface area contributed by atoms with Crippen LogP contribution in [0.2, 0.25) is 0 Å². The van der Waals surface area contributed by atoms with Gasteiger partial charge in [0.15, 0.2) is 0 Å². The van der Waals surface area contributed by atoms with Crippen LogP contribution < -0.4 is 5.32 Å². The van der Waals surface area contributed by atoms with E-state index in [4.69, 9.17) is 0 Å². The maximum absolute atomic E-state index is 12.7. The lowest BCUT2D eigenvalue weighted by Gasteiger charge is -2.37. The Bertz CT molecular complexity index is 319. The van der Waals surface area contributed by atoms with Gasteiger partial charge in [-0.05, 0) is 30.5 Å². The quantitative estimate of drug-likeness (QED) is 0.690. The summed E-state index contributed by atoms with van der Waals surface area (Å²) in [5, 5.41) is 3.45. The zero-order chi connectivity index (χ0) is 8.89. The van der Waals surface area contributed by atoms with Crippen molar-refractivity contribution in [2.24, 2.45) is 0 Å². The van der Waals surface area contributed by atoms with Crippen LogP contribution in [0.1, 0.15) is 18.4 Å². The first-order valence-corrected chi connectivity index (χ1v) is 4.78. The van der Waals surface area contributed by atoms with Gasteiger partial charge in [-0.15, -0.1) is 0 Å². The number of benzene rings is 1. The maximum atomic E-state index is 12.7. The van der Waals surface area contributed by atoms with Gasteiger partial charge >= 0.3 is 0 Å². The minimum atomic E-state index is -0.137. The first kappa shape index (κ1) is 7.51. The summed E-state index contributed by atoms with van der Waals surface area (Å²) in [6.45, 7) is 1.07. The molecule has 0 spiro atoms. The Morgan fingerprint density at radius 1 is 1.23 bits per heavy atom. The second-order valence-corrected chi connectivity index (χ2v) is 4.27. The number of rotatable bonds is 1. The molecule has 2 bridgehead atoms. The van der Waals surface area contributed by atoms with Gasteiger partial charge in [0.05, 0.1) is 0 Å². The molecular weight excluding hydrogens is 165 g/mol. The Morgan fingerprint density at radius 3 is 2.46 bits per heavy atom. The van der Waals surface area contributed by atoms with Gasteiger partial charge in [-0.2, -0.15) is 0 Å². The predicted molar refractivity (Wildman–Crippen MR) is 49.1 cm³/mol. The van der Waals surface area contributed by atoms with E-state index >= 15 is 0 Å². The number of halogens is 1. The molecule has 2 aliphatic heterocycles. The van der Waals surface area contributed by atoms with Crippen LogP contribution in [0.25, 0.3) is 0 Å². The van der Waals surface area contributed by atoms with E-state index in [-0.39, 0.29) is 5.82 Å².